The van der Waals surface area contributed by atoms with Gasteiger partial charge in [0.25, 0.3) is 0 Å². The largest absolute Gasteiger partial charge is 0.341 e. The Morgan fingerprint density at radius 3 is 2.90 bits per heavy atom. The third-order valence-electron chi connectivity index (χ3n) is 3.48. The van der Waals surface area contributed by atoms with Crippen LogP contribution in [-0.4, -0.2) is 21.4 Å². The van der Waals surface area contributed by atoms with Crippen LogP contribution in [0.2, 0.25) is 0 Å². The summed E-state index contributed by atoms with van der Waals surface area (Å²) in [5.74, 6) is 0. The van der Waals surface area contributed by atoms with Gasteiger partial charge in [0.05, 0.1) is 6.54 Å². The maximum Gasteiger partial charge on any atom is 0.127 e. The molecule has 5 nitrogen and oxygen atoms in total. The number of benzene rings is 1. The molecule has 0 fully saturated rings. The van der Waals surface area contributed by atoms with Crippen LogP contribution in [0.3, 0.4) is 0 Å². The topological polar surface area (TPSA) is 55.9 Å². The molecule has 0 atom stereocenters. The Kier molecular flexibility index (Phi) is 3.52. The predicted octanol–water partition coefficient (Wildman–Crippen LogP) is 2.49. The van der Waals surface area contributed by atoms with Gasteiger partial charge < -0.3 is 9.88 Å². The van der Waals surface area contributed by atoms with Gasteiger partial charge in [-0.2, -0.15) is 0 Å². The summed E-state index contributed by atoms with van der Waals surface area (Å²) in [7, 11) is 0. The molecule has 3 rings (SSSR count). The highest BCUT2D eigenvalue weighted by Gasteiger charge is 2.08. The molecule has 0 saturated heterocycles. The molecule has 0 amide bonds. The number of hydrogen-bond acceptors (Lipinski definition) is 4. The first kappa shape index (κ1) is 12.9. The highest BCUT2D eigenvalue weighted by atomic mass is 16.6. The molecule has 0 aliphatic rings. The summed E-state index contributed by atoms with van der Waals surface area (Å²) in [6, 6.07) is 8.68. The first-order valence-corrected chi connectivity index (χ1v) is 6.84. The van der Waals surface area contributed by atoms with Crippen LogP contribution in [0.5, 0.6) is 0 Å². The average Bonchev–Trinajstić information content (AvgIpc) is 3.04. The minimum atomic E-state index is 0.686. The maximum atomic E-state index is 4.75. The molecule has 0 radical (unpaired) electrons. The highest BCUT2D eigenvalue weighted by molar-refractivity contribution is 5.81. The number of nitrogens with zero attached hydrogens (tertiary/aromatic N) is 3. The molecule has 3 aromatic rings. The van der Waals surface area contributed by atoms with Crippen molar-refractivity contribution in [1.82, 2.24) is 20.2 Å². The Hall–Kier alpha value is -2.14. The number of aryl methyl sites for hydroxylation is 1. The molecular weight excluding hydrogens is 252 g/mol. The smallest absolute Gasteiger partial charge is 0.127 e. The number of fused-ring (bicyclic) bond motifs is 1. The summed E-state index contributed by atoms with van der Waals surface area (Å²) in [4.78, 5) is 0. The van der Waals surface area contributed by atoms with Gasteiger partial charge >= 0.3 is 0 Å². The Morgan fingerprint density at radius 1 is 1.25 bits per heavy atom. The summed E-state index contributed by atoms with van der Waals surface area (Å²) >= 11 is 0. The normalized spacial score (nSPS) is 11.3. The minimum absolute atomic E-state index is 0.686. The minimum Gasteiger partial charge on any atom is -0.341 e. The molecule has 0 unspecified atom stereocenters. The molecule has 0 spiro atoms. The van der Waals surface area contributed by atoms with Gasteiger partial charge in [0.2, 0.25) is 0 Å². The van der Waals surface area contributed by atoms with E-state index in [0.29, 0.717) is 6.54 Å². The van der Waals surface area contributed by atoms with E-state index in [9.17, 15) is 0 Å². The lowest BCUT2D eigenvalue weighted by atomic mass is 10.1. The summed E-state index contributed by atoms with van der Waals surface area (Å²) < 4.78 is 6.91. The third kappa shape index (κ3) is 2.44. The molecule has 20 heavy (non-hydrogen) atoms. The van der Waals surface area contributed by atoms with E-state index >= 15 is 0 Å². The van der Waals surface area contributed by atoms with E-state index < -0.39 is 0 Å². The second-order valence-corrected chi connectivity index (χ2v) is 4.91. The van der Waals surface area contributed by atoms with Gasteiger partial charge in [0, 0.05) is 18.3 Å². The molecule has 0 aliphatic heterocycles. The zero-order chi connectivity index (χ0) is 13.9. The second kappa shape index (κ2) is 5.46. The van der Waals surface area contributed by atoms with Gasteiger partial charge in [0.15, 0.2) is 0 Å². The van der Waals surface area contributed by atoms with E-state index in [0.717, 1.165) is 24.5 Å². The fourth-order valence-electron chi connectivity index (χ4n) is 2.32. The first-order valence-electron chi connectivity index (χ1n) is 6.84. The fourth-order valence-corrected chi connectivity index (χ4v) is 2.32. The van der Waals surface area contributed by atoms with Gasteiger partial charge in [-0.25, -0.2) is 4.63 Å². The quantitative estimate of drug-likeness (QED) is 0.774. The van der Waals surface area contributed by atoms with E-state index in [2.05, 4.69) is 57.6 Å². The molecule has 2 heterocycles. The average molecular weight is 270 g/mol. The van der Waals surface area contributed by atoms with Crippen molar-refractivity contribution < 1.29 is 4.63 Å². The Labute approximate surface area is 117 Å². The standard InChI is InChI=1S/C15H18N4O/c1-3-16-9-12-4-5-15-13(8-12)6-7-19(15)10-14-11(2)17-20-18-14/h4-8,16H,3,9-10H2,1-2H3. The molecule has 2 aromatic heterocycles. The van der Waals surface area contributed by atoms with Gasteiger partial charge in [-0.05, 0) is 42.6 Å². The number of hydrogen-bond donors (Lipinski definition) is 1. The van der Waals surface area contributed by atoms with Crippen LogP contribution >= 0.6 is 0 Å². The van der Waals surface area contributed by atoms with Crippen LogP contribution in [0, 0.1) is 6.92 Å². The van der Waals surface area contributed by atoms with Gasteiger partial charge in [0.1, 0.15) is 11.4 Å². The molecular formula is C15H18N4O. The molecule has 1 aromatic carbocycles. The van der Waals surface area contributed by atoms with Crippen LogP contribution in [0.4, 0.5) is 0 Å². The van der Waals surface area contributed by atoms with Crippen LogP contribution in [0.25, 0.3) is 10.9 Å². The molecule has 0 aliphatic carbocycles. The lowest BCUT2D eigenvalue weighted by molar-refractivity contribution is 0.300. The fraction of sp³-hybridized carbons (Fsp3) is 0.333. The van der Waals surface area contributed by atoms with E-state index in [1.54, 1.807) is 0 Å². The van der Waals surface area contributed by atoms with Crippen molar-refractivity contribution >= 4 is 10.9 Å². The van der Waals surface area contributed by atoms with Gasteiger partial charge in [-0.1, -0.05) is 23.3 Å². The molecule has 0 saturated carbocycles. The van der Waals surface area contributed by atoms with Crippen molar-refractivity contribution in [1.29, 1.82) is 0 Å². The Morgan fingerprint density at radius 2 is 2.15 bits per heavy atom. The summed E-state index contributed by atoms with van der Waals surface area (Å²) in [5.41, 5.74) is 4.22. The zero-order valence-corrected chi connectivity index (χ0v) is 11.8. The van der Waals surface area contributed by atoms with E-state index in [1.807, 2.05) is 6.92 Å². The van der Waals surface area contributed by atoms with Crippen molar-refractivity contribution in [3.63, 3.8) is 0 Å². The zero-order valence-electron chi connectivity index (χ0n) is 11.8. The lowest BCUT2D eigenvalue weighted by Gasteiger charge is -2.05. The van der Waals surface area contributed by atoms with Crippen LogP contribution in [0.15, 0.2) is 35.1 Å². The monoisotopic (exact) mass is 270 g/mol. The number of rotatable bonds is 5. The summed E-state index contributed by atoms with van der Waals surface area (Å²) in [6.07, 6.45) is 2.08. The number of aromatic nitrogens is 3. The van der Waals surface area contributed by atoms with Gasteiger partial charge in [-0.3, -0.25) is 0 Å². The highest BCUT2D eigenvalue weighted by Crippen LogP contribution is 2.19. The summed E-state index contributed by atoms with van der Waals surface area (Å²) in [5, 5.41) is 12.3. The van der Waals surface area contributed by atoms with E-state index in [-0.39, 0.29) is 0 Å². The van der Waals surface area contributed by atoms with Crippen molar-refractivity contribution in [2.75, 3.05) is 6.54 Å². The lowest BCUT2D eigenvalue weighted by Crippen LogP contribution is -2.11. The molecule has 0 bridgehead atoms. The van der Waals surface area contributed by atoms with Crippen molar-refractivity contribution in [2.24, 2.45) is 0 Å². The SMILES string of the molecule is CCNCc1ccc2c(ccn2Cc2nonc2C)c1. The molecule has 1 N–H and O–H groups in total. The third-order valence-corrected chi connectivity index (χ3v) is 3.48. The van der Waals surface area contributed by atoms with Gasteiger partial charge in [-0.15, -0.1) is 0 Å². The number of nitrogens with one attached hydrogen (secondary N) is 1. The Balaban J connectivity index is 1.88. The molecule has 104 valence electrons. The van der Waals surface area contributed by atoms with E-state index in [1.165, 1.54) is 16.5 Å². The Bertz CT molecular complexity index is 714. The van der Waals surface area contributed by atoms with Crippen molar-refractivity contribution in [3.05, 3.63) is 47.4 Å². The summed E-state index contributed by atoms with van der Waals surface area (Å²) in [6.45, 7) is 6.60. The van der Waals surface area contributed by atoms with E-state index in [4.69, 9.17) is 4.63 Å². The van der Waals surface area contributed by atoms with Crippen LogP contribution < -0.4 is 5.32 Å². The maximum absolute atomic E-state index is 4.75. The molecule has 5 heteroatoms. The van der Waals surface area contributed by atoms with Crippen LogP contribution in [0.1, 0.15) is 23.9 Å². The van der Waals surface area contributed by atoms with Crippen molar-refractivity contribution in [3.8, 4) is 0 Å². The van der Waals surface area contributed by atoms with Crippen molar-refractivity contribution in [2.45, 2.75) is 26.9 Å². The predicted molar refractivity (Wildman–Crippen MR) is 77.5 cm³/mol. The second-order valence-electron chi connectivity index (χ2n) is 4.91. The first-order chi connectivity index (χ1) is 9.78. The van der Waals surface area contributed by atoms with Crippen LogP contribution in [-0.2, 0) is 13.1 Å².